The Balaban J connectivity index is 1.50. The second-order valence-electron chi connectivity index (χ2n) is 5.16. The van der Waals surface area contributed by atoms with Crippen LogP contribution >= 0.6 is 11.3 Å². The average molecular weight is 341 g/mol. The summed E-state index contributed by atoms with van der Waals surface area (Å²) in [6.07, 6.45) is 0. The molecule has 0 aliphatic carbocycles. The van der Waals surface area contributed by atoms with Gasteiger partial charge in [-0.1, -0.05) is 30.3 Å². The fourth-order valence-corrected chi connectivity index (χ4v) is 2.84. The van der Waals surface area contributed by atoms with Gasteiger partial charge in [0.2, 0.25) is 5.91 Å². The minimum Gasteiger partial charge on any atom is -0.352 e. The molecule has 0 aliphatic rings. The van der Waals surface area contributed by atoms with E-state index in [4.69, 9.17) is 0 Å². The van der Waals surface area contributed by atoms with Crippen molar-refractivity contribution in [2.45, 2.75) is 6.54 Å². The third-order valence-electron chi connectivity index (χ3n) is 3.38. The first-order valence-corrected chi connectivity index (χ1v) is 8.34. The largest absolute Gasteiger partial charge is 0.352 e. The molecular formula is C18H16FN3OS. The van der Waals surface area contributed by atoms with E-state index in [1.165, 1.54) is 23.5 Å². The highest BCUT2D eigenvalue weighted by Gasteiger charge is 2.06. The predicted molar refractivity (Wildman–Crippen MR) is 94.3 cm³/mol. The highest BCUT2D eigenvalue weighted by atomic mass is 32.1. The smallest absolute Gasteiger partial charge is 0.239 e. The average Bonchev–Trinajstić information content (AvgIpc) is 3.09. The quantitative estimate of drug-likeness (QED) is 0.719. The Bertz CT molecular complexity index is 803. The Hall–Kier alpha value is -2.73. The topological polar surface area (TPSA) is 54.0 Å². The van der Waals surface area contributed by atoms with E-state index in [1.54, 1.807) is 12.1 Å². The van der Waals surface area contributed by atoms with Gasteiger partial charge >= 0.3 is 0 Å². The number of carbonyl (C=O) groups is 1. The standard InChI is InChI=1S/C18H16FN3OS/c19-15-8-6-14(7-9-15)16-12-24-18(22-16)21-11-17(23)20-10-13-4-2-1-3-5-13/h1-9,12H,10-11H2,(H,20,23)(H,21,22). The van der Waals surface area contributed by atoms with Crippen molar-refractivity contribution in [2.75, 3.05) is 11.9 Å². The van der Waals surface area contributed by atoms with Crippen LogP contribution in [0.25, 0.3) is 11.3 Å². The summed E-state index contributed by atoms with van der Waals surface area (Å²) in [7, 11) is 0. The maximum absolute atomic E-state index is 12.9. The Morgan fingerprint density at radius 3 is 2.58 bits per heavy atom. The Labute approximate surface area is 143 Å². The van der Waals surface area contributed by atoms with Crippen LogP contribution in [0.4, 0.5) is 9.52 Å². The monoisotopic (exact) mass is 341 g/mol. The maximum atomic E-state index is 12.9. The van der Waals surface area contributed by atoms with E-state index in [2.05, 4.69) is 15.6 Å². The van der Waals surface area contributed by atoms with Gasteiger partial charge in [0.05, 0.1) is 12.2 Å². The molecule has 1 heterocycles. The number of hydrogen-bond donors (Lipinski definition) is 2. The minimum atomic E-state index is -0.276. The summed E-state index contributed by atoms with van der Waals surface area (Å²) in [5.74, 6) is -0.375. The molecule has 0 spiro atoms. The first kappa shape index (κ1) is 16.1. The number of rotatable bonds is 6. The highest BCUT2D eigenvalue weighted by molar-refractivity contribution is 7.14. The van der Waals surface area contributed by atoms with Crippen molar-refractivity contribution in [3.05, 3.63) is 71.4 Å². The molecule has 4 nitrogen and oxygen atoms in total. The van der Waals surface area contributed by atoms with Crippen LogP contribution in [-0.4, -0.2) is 17.4 Å². The number of hydrogen-bond acceptors (Lipinski definition) is 4. The van der Waals surface area contributed by atoms with Crippen LogP contribution in [0, 0.1) is 5.82 Å². The highest BCUT2D eigenvalue weighted by Crippen LogP contribution is 2.24. The Morgan fingerprint density at radius 1 is 1.08 bits per heavy atom. The molecule has 3 aromatic rings. The van der Waals surface area contributed by atoms with Crippen molar-refractivity contribution < 1.29 is 9.18 Å². The van der Waals surface area contributed by atoms with Gasteiger partial charge in [-0.2, -0.15) is 0 Å². The van der Waals surface area contributed by atoms with Gasteiger partial charge in [0.25, 0.3) is 0 Å². The van der Waals surface area contributed by atoms with E-state index in [0.29, 0.717) is 11.7 Å². The molecule has 0 atom stereocenters. The van der Waals surface area contributed by atoms with Crippen LogP contribution in [-0.2, 0) is 11.3 Å². The van der Waals surface area contributed by atoms with E-state index in [-0.39, 0.29) is 18.3 Å². The zero-order valence-electron chi connectivity index (χ0n) is 12.8. The second-order valence-corrected chi connectivity index (χ2v) is 6.02. The number of amides is 1. The fourth-order valence-electron chi connectivity index (χ4n) is 2.12. The van der Waals surface area contributed by atoms with Crippen LogP contribution in [0.15, 0.2) is 60.0 Å². The Morgan fingerprint density at radius 2 is 1.83 bits per heavy atom. The van der Waals surface area contributed by atoms with Crippen LogP contribution < -0.4 is 10.6 Å². The van der Waals surface area contributed by atoms with E-state index >= 15 is 0 Å². The molecule has 0 aliphatic heterocycles. The summed E-state index contributed by atoms with van der Waals surface area (Å²) in [4.78, 5) is 16.3. The van der Waals surface area contributed by atoms with Crippen LogP contribution in [0.1, 0.15) is 5.56 Å². The normalized spacial score (nSPS) is 10.4. The number of nitrogens with one attached hydrogen (secondary N) is 2. The predicted octanol–water partition coefficient (Wildman–Crippen LogP) is 3.68. The molecule has 0 unspecified atom stereocenters. The Kier molecular flexibility index (Phi) is 5.18. The van der Waals surface area contributed by atoms with Crippen molar-refractivity contribution in [3.8, 4) is 11.3 Å². The van der Waals surface area contributed by atoms with Crippen molar-refractivity contribution in [2.24, 2.45) is 0 Å². The molecule has 3 rings (SSSR count). The number of benzene rings is 2. The van der Waals surface area contributed by atoms with Gasteiger partial charge in [-0.15, -0.1) is 11.3 Å². The summed E-state index contributed by atoms with van der Waals surface area (Å²) in [6, 6.07) is 15.9. The third kappa shape index (κ3) is 4.39. The SMILES string of the molecule is O=C(CNc1nc(-c2ccc(F)cc2)cs1)NCc1ccccc1. The fraction of sp³-hybridized carbons (Fsp3) is 0.111. The number of carbonyl (C=O) groups excluding carboxylic acids is 1. The summed E-state index contributed by atoms with van der Waals surface area (Å²) in [6.45, 7) is 0.656. The van der Waals surface area contributed by atoms with Crippen molar-refractivity contribution in [1.82, 2.24) is 10.3 Å². The minimum absolute atomic E-state index is 0.0996. The van der Waals surface area contributed by atoms with Gasteiger partial charge < -0.3 is 10.6 Å². The number of aromatic nitrogens is 1. The van der Waals surface area contributed by atoms with E-state index in [9.17, 15) is 9.18 Å². The number of anilines is 1. The summed E-state index contributed by atoms with van der Waals surface area (Å²) in [5.41, 5.74) is 2.65. The lowest BCUT2D eigenvalue weighted by Gasteiger charge is -2.05. The van der Waals surface area contributed by atoms with Crippen molar-refractivity contribution >= 4 is 22.4 Å². The van der Waals surface area contributed by atoms with Gasteiger partial charge in [-0.3, -0.25) is 4.79 Å². The molecule has 2 aromatic carbocycles. The molecule has 24 heavy (non-hydrogen) atoms. The van der Waals surface area contributed by atoms with E-state index in [0.717, 1.165) is 16.8 Å². The molecule has 6 heteroatoms. The molecule has 122 valence electrons. The first-order chi connectivity index (χ1) is 11.7. The molecular weight excluding hydrogens is 325 g/mol. The molecule has 0 saturated carbocycles. The van der Waals surface area contributed by atoms with Gasteiger partial charge in [0.15, 0.2) is 5.13 Å². The van der Waals surface area contributed by atoms with Crippen molar-refractivity contribution in [1.29, 1.82) is 0 Å². The molecule has 1 amide bonds. The second kappa shape index (κ2) is 7.70. The lowest BCUT2D eigenvalue weighted by atomic mass is 10.2. The number of halogens is 1. The summed E-state index contributed by atoms with van der Waals surface area (Å²) >= 11 is 1.41. The lowest BCUT2D eigenvalue weighted by Crippen LogP contribution is -2.29. The zero-order chi connectivity index (χ0) is 16.8. The van der Waals surface area contributed by atoms with Gasteiger partial charge in [0.1, 0.15) is 5.82 Å². The van der Waals surface area contributed by atoms with Gasteiger partial charge in [0, 0.05) is 17.5 Å². The number of nitrogens with zero attached hydrogens (tertiary/aromatic N) is 1. The van der Waals surface area contributed by atoms with Crippen molar-refractivity contribution in [3.63, 3.8) is 0 Å². The molecule has 2 N–H and O–H groups in total. The maximum Gasteiger partial charge on any atom is 0.239 e. The third-order valence-corrected chi connectivity index (χ3v) is 4.18. The van der Waals surface area contributed by atoms with Crippen LogP contribution in [0.2, 0.25) is 0 Å². The summed E-state index contributed by atoms with van der Waals surface area (Å²) < 4.78 is 12.9. The van der Waals surface area contributed by atoms with E-state index < -0.39 is 0 Å². The molecule has 0 bridgehead atoms. The zero-order valence-corrected chi connectivity index (χ0v) is 13.6. The first-order valence-electron chi connectivity index (χ1n) is 7.47. The lowest BCUT2D eigenvalue weighted by molar-refractivity contribution is -0.119. The molecule has 0 saturated heterocycles. The van der Waals surface area contributed by atoms with E-state index in [1.807, 2.05) is 35.7 Å². The molecule has 0 radical (unpaired) electrons. The molecule has 0 fully saturated rings. The van der Waals surface area contributed by atoms with Gasteiger partial charge in [-0.25, -0.2) is 9.37 Å². The summed E-state index contributed by atoms with van der Waals surface area (Å²) in [5, 5.41) is 8.38. The number of thiazole rings is 1. The molecule has 1 aromatic heterocycles. The van der Waals surface area contributed by atoms with Crippen LogP contribution in [0.3, 0.4) is 0 Å². The van der Waals surface area contributed by atoms with Crippen LogP contribution in [0.5, 0.6) is 0 Å². The van der Waals surface area contributed by atoms with Gasteiger partial charge in [-0.05, 0) is 29.8 Å².